The summed E-state index contributed by atoms with van der Waals surface area (Å²) < 4.78 is 0. The van der Waals surface area contributed by atoms with E-state index in [2.05, 4.69) is 0 Å². The molecule has 0 atom stereocenters. The van der Waals surface area contributed by atoms with E-state index in [1.54, 1.807) is 30.3 Å². The van der Waals surface area contributed by atoms with Crippen LogP contribution in [-0.4, -0.2) is 16.7 Å². The summed E-state index contributed by atoms with van der Waals surface area (Å²) in [7, 11) is 0. The molecule has 0 aromatic heterocycles. The molecule has 21 heavy (non-hydrogen) atoms. The van der Waals surface area contributed by atoms with Gasteiger partial charge in [-0.15, -0.1) is 0 Å². The largest absolute Gasteiger partial charge is 0.507 e. The average molecular weight is 284 g/mol. The van der Waals surface area contributed by atoms with Crippen LogP contribution in [0.25, 0.3) is 10.8 Å². The molecule has 0 fully saturated rings. The van der Waals surface area contributed by atoms with Gasteiger partial charge in [0.25, 0.3) is 0 Å². The van der Waals surface area contributed by atoms with Crippen molar-refractivity contribution in [2.45, 2.75) is 39.5 Å². The molecule has 3 nitrogen and oxygen atoms in total. The average Bonchev–Trinajstić information content (AvgIpc) is 2.47. The zero-order valence-corrected chi connectivity index (χ0v) is 12.5. The molecular formula is C18H20O3. The number of ketones is 2. The van der Waals surface area contributed by atoms with Crippen LogP contribution in [0.4, 0.5) is 0 Å². The standard InChI is InChI=1S/C18H20O3/c1-3-6-15(19)14-11-10-12-13(8-5-9-16(12)20)18(14)17(21)7-4-2/h5,8-11,20H,3-4,6-7H2,1-2H3. The van der Waals surface area contributed by atoms with Gasteiger partial charge < -0.3 is 5.11 Å². The van der Waals surface area contributed by atoms with Gasteiger partial charge in [0.1, 0.15) is 5.75 Å². The number of phenols is 1. The zero-order valence-electron chi connectivity index (χ0n) is 12.5. The summed E-state index contributed by atoms with van der Waals surface area (Å²) in [6.45, 7) is 3.88. The second-order valence-corrected chi connectivity index (χ2v) is 5.21. The maximum atomic E-state index is 12.5. The molecule has 0 saturated heterocycles. The first-order valence-corrected chi connectivity index (χ1v) is 7.41. The van der Waals surface area contributed by atoms with E-state index in [1.165, 1.54) is 0 Å². The fourth-order valence-corrected chi connectivity index (χ4v) is 2.59. The van der Waals surface area contributed by atoms with E-state index in [4.69, 9.17) is 0 Å². The number of benzene rings is 2. The number of hydrogen-bond acceptors (Lipinski definition) is 3. The Bertz CT molecular complexity index is 686. The number of Topliss-reactive ketones (excluding diaryl/α,β-unsaturated/α-hetero) is 2. The number of hydrogen-bond donors (Lipinski definition) is 1. The molecule has 0 bridgehead atoms. The van der Waals surface area contributed by atoms with Gasteiger partial charge in [-0.05, 0) is 36.4 Å². The predicted molar refractivity (Wildman–Crippen MR) is 84.1 cm³/mol. The third-order valence-corrected chi connectivity index (χ3v) is 3.57. The fourth-order valence-electron chi connectivity index (χ4n) is 2.59. The first-order chi connectivity index (χ1) is 10.1. The third kappa shape index (κ3) is 2.97. The molecule has 0 amide bonds. The Hall–Kier alpha value is -2.16. The third-order valence-electron chi connectivity index (χ3n) is 3.57. The van der Waals surface area contributed by atoms with E-state index in [-0.39, 0.29) is 17.3 Å². The predicted octanol–water partition coefficient (Wildman–Crippen LogP) is 4.51. The van der Waals surface area contributed by atoms with Gasteiger partial charge >= 0.3 is 0 Å². The normalized spacial score (nSPS) is 10.8. The number of aromatic hydroxyl groups is 1. The lowest BCUT2D eigenvalue weighted by atomic mass is 9.90. The summed E-state index contributed by atoms with van der Waals surface area (Å²) in [4.78, 5) is 24.8. The van der Waals surface area contributed by atoms with Crippen molar-refractivity contribution in [3.8, 4) is 5.75 Å². The van der Waals surface area contributed by atoms with E-state index in [1.807, 2.05) is 13.8 Å². The van der Waals surface area contributed by atoms with Crippen molar-refractivity contribution in [3.05, 3.63) is 41.5 Å². The highest BCUT2D eigenvalue weighted by Crippen LogP contribution is 2.31. The van der Waals surface area contributed by atoms with E-state index in [0.717, 1.165) is 12.8 Å². The number of phenolic OH excluding ortho intramolecular Hbond substituents is 1. The molecular weight excluding hydrogens is 264 g/mol. The Morgan fingerprint density at radius 3 is 2.24 bits per heavy atom. The second kappa shape index (κ2) is 6.53. The summed E-state index contributed by atoms with van der Waals surface area (Å²) in [5.74, 6) is 0.0860. The van der Waals surface area contributed by atoms with Crippen LogP contribution in [0, 0.1) is 0 Å². The second-order valence-electron chi connectivity index (χ2n) is 5.21. The van der Waals surface area contributed by atoms with Gasteiger partial charge in [-0.3, -0.25) is 9.59 Å². The molecule has 1 N–H and O–H groups in total. The first-order valence-electron chi connectivity index (χ1n) is 7.41. The van der Waals surface area contributed by atoms with Gasteiger partial charge in [-0.2, -0.15) is 0 Å². The van der Waals surface area contributed by atoms with Crippen molar-refractivity contribution < 1.29 is 14.7 Å². The van der Waals surface area contributed by atoms with Crippen molar-refractivity contribution in [1.82, 2.24) is 0 Å². The van der Waals surface area contributed by atoms with Gasteiger partial charge in [0.15, 0.2) is 11.6 Å². The van der Waals surface area contributed by atoms with Gasteiger partial charge in [0.2, 0.25) is 0 Å². The highest BCUT2D eigenvalue weighted by molar-refractivity contribution is 6.17. The highest BCUT2D eigenvalue weighted by atomic mass is 16.3. The lowest BCUT2D eigenvalue weighted by Gasteiger charge is -2.12. The van der Waals surface area contributed by atoms with E-state index in [9.17, 15) is 14.7 Å². The van der Waals surface area contributed by atoms with E-state index < -0.39 is 0 Å². The molecule has 0 heterocycles. The molecule has 0 saturated carbocycles. The van der Waals surface area contributed by atoms with Crippen molar-refractivity contribution in [1.29, 1.82) is 0 Å². The smallest absolute Gasteiger partial charge is 0.164 e. The molecule has 2 rings (SSSR count). The van der Waals surface area contributed by atoms with Crippen LogP contribution in [0.3, 0.4) is 0 Å². The molecule has 3 heteroatoms. The molecule has 110 valence electrons. The van der Waals surface area contributed by atoms with Crippen LogP contribution in [-0.2, 0) is 0 Å². The van der Waals surface area contributed by atoms with Crippen molar-refractivity contribution in [2.75, 3.05) is 0 Å². The quantitative estimate of drug-likeness (QED) is 0.794. The fraction of sp³-hybridized carbons (Fsp3) is 0.333. The molecule has 0 unspecified atom stereocenters. The van der Waals surface area contributed by atoms with Gasteiger partial charge in [0, 0.05) is 29.4 Å². The van der Waals surface area contributed by atoms with Gasteiger partial charge in [-0.25, -0.2) is 0 Å². The Kier molecular flexibility index (Phi) is 4.73. The Morgan fingerprint density at radius 2 is 1.57 bits per heavy atom. The Morgan fingerprint density at radius 1 is 0.905 bits per heavy atom. The number of carbonyl (C=O) groups excluding carboxylic acids is 2. The lowest BCUT2D eigenvalue weighted by Crippen LogP contribution is -2.10. The van der Waals surface area contributed by atoms with Gasteiger partial charge in [0.05, 0.1) is 0 Å². The summed E-state index contributed by atoms with van der Waals surface area (Å²) in [6.07, 6.45) is 2.31. The number of carbonyl (C=O) groups is 2. The van der Waals surface area contributed by atoms with Crippen LogP contribution >= 0.6 is 0 Å². The maximum Gasteiger partial charge on any atom is 0.164 e. The minimum atomic E-state index is -0.0341. The van der Waals surface area contributed by atoms with Crippen LogP contribution in [0.1, 0.15) is 60.2 Å². The summed E-state index contributed by atoms with van der Waals surface area (Å²) in [5.41, 5.74) is 0.942. The molecule has 2 aromatic carbocycles. The summed E-state index contributed by atoms with van der Waals surface area (Å²) >= 11 is 0. The molecule has 0 spiro atoms. The minimum absolute atomic E-state index is 0.0119. The van der Waals surface area contributed by atoms with Crippen LogP contribution in [0.15, 0.2) is 30.3 Å². The Balaban J connectivity index is 2.71. The van der Waals surface area contributed by atoms with Crippen LogP contribution in [0.2, 0.25) is 0 Å². The van der Waals surface area contributed by atoms with Crippen LogP contribution < -0.4 is 0 Å². The van der Waals surface area contributed by atoms with Gasteiger partial charge in [-0.1, -0.05) is 26.0 Å². The molecule has 0 aliphatic rings. The maximum absolute atomic E-state index is 12.5. The Labute approximate surface area is 124 Å². The molecule has 0 aliphatic heterocycles. The van der Waals surface area contributed by atoms with Crippen LogP contribution in [0.5, 0.6) is 5.75 Å². The topological polar surface area (TPSA) is 54.4 Å². The number of fused-ring (bicyclic) bond motifs is 1. The lowest BCUT2D eigenvalue weighted by molar-refractivity contribution is 0.0950. The molecule has 0 aliphatic carbocycles. The zero-order chi connectivity index (χ0) is 15.4. The first kappa shape index (κ1) is 15.2. The summed E-state index contributed by atoms with van der Waals surface area (Å²) in [5, 5.41) is 11.2. The monoisotopic (exact) mass is 284 g/mol. The molecule has 2 aromatic rings. The van der Waals surface area contributed by atoms with E-state index in [0.29, 0.717) is 34.7 Å². The summed E-state index contributed by atoms with van der Waals surface area (Å²) in [6, 6.07) is 8.47. The van der Waals surface area contributed by atoms with E-state index >= 15 is 0 Å². The number of rotatable bonds is 6. The highest BCUT2D eigenvalue weighted by Gasteiger charge is 2.19. The van der Waals surface area contributed by atoms with Crippen molar-refractivity contribution in [2.24, 2.45) is 0 Å². The SMILES string of the molecule is CCCC(=O)c1ccc2c(O)cccc2c1C(=O)CCC. The molecule has 0 radical (unpaired) electrons. The van der Waals surface area contributed by atoms with Crippen molar-refractivity contribution in [3.63, 3.8) is 0 Å². The minimum Gasteiger partial charge on any atom is -0.507 e. The van der Waals surface area contributed by atoms with Crippen molar-refractivity contribution >= 4 is 22.3 Å².